The SMILES string of the molecule is CCCN(CCO)C(=O)C(F)(F)c1cc(C(=O)Nc2ccc(F)c(F)c2)ccc1F. The zero-order valence-electron chi connectivity index (χ0n) is 15.9. The molecule has 10 heteroatoms. The summed E-state index contributed by atoms with van der Waals surface area (Å²) < 4.78 is 69.8. The van der Waals surface area contributed by atoms with Crippen LogP contribution in [-0.4, -0.2) is 41.5 Å². The Bertz CT molecular complexity index is 931. The average molecular weight is 430 g/mol. The molecule has 0 unspecified atom stereocenters. The number of nitrogens with one attached hydrogen (secondary N) is 1. The highest BCUT2D eigenvalue weighted by Crippen LogP contribution is 2.33. The van der Waals surface area contributed by atoms with E-state index >= 15 is 0 Å². The fourth-order valence-corrected chi connectivity index (χ4v) is 2.70. The summed E-state index contributed by atoms with van der Waals surface area (Å²) in [6, 6.07) is 4.53. The van der Waals surface area contributed by atoms with Gasteiger partial charge in [0.15, 0.2) is 11.6 Å². The largest absolute Gasteiger partial charge is 0.395 e. The van der Waals surface area contributed by atoms with Crippen LogP contribution in [0.2, 0.25) is 0 Å². The van der Waals surface area contributed by atoms with E-state index in [0.717, 1.165) is 18.2 Å². The summed E-state index contributed by atoms with van der Waals surface area (Å²) in [6.45, 7) is 0.647. The minimum Gasteiger partial charge on any atom is -0.395 e. The van der Waals surface area contributed by atoms with Crippen molar-refractivity contribution in [3.8, 4) is 0 Å². The lowest BCUT2D eigenvalue weighted by molar-refractivity contribution is -0.160. The molecule has 0 fully saturated rings. The monoisotopic (exact) mass is 430 g/mol. The Kier molecular flexibility index (Phi) is 7.49. The van der Waals surface area contributed by atoms with Crippen LogP contribution < -0.4 is 5.32 Å². The summed E-state index contributed by atoms with van der Waals surface area (Å²) in [7, 11) is 0. The molecule has 0 heterocycles. The zero-order chi connectivity index (χ0) is 22.5. The van der Waals surface area contributed by atoms with Crippen molar-refractivity contribution in [1.29, 1.82) is 0 Å². The van der Waals surface area contributed by atoms with E-state index in [-0.39, 0.29) is 18.8 Å². The summed E-state index contributed by atoms with van der Waals surface area (Å²) in [5.41, 5.74) is -1.89. The Balaban J connectivity index is 2.33. The van der Waals surface area contributed by atoms with Crippen LogP contribution in [0.15, 0.2) is 36.4 Å². The molecule has 0 aliphatic rings. The number of amides is 2. The van der Waals surface area contributed by atoms with Gasteiger partial charge in [-0.3, -0.25) is 9.59 Å². The second-order valence-electron chi connectivity index (χ2n) is 6.37. The van der Waals surface area contributed by atoms with Crippen LogP contribution in [0.3, 0.4) is 0 Å². The molecular weight excluding hydrogens is 411 g/mol. The molecule has 30 heavy (non-hydrogen) atoms. The van der Waals surface area contributed by atoms with Gasteiger partial charge in [0.1, 0.15) is 5.82 Å². The fraction of sp³-hybridized carbons (Fsp3) is 0.300. The van der Waals surface area contributed by atoms with E-state index in [1.54, 1.807) is 6.92 Å². The number of rotatable bonds is 8. The molecule has 0 aromatic heterocycles. The Morgan fingerprint density at radius 3 is 2.27 bits per heavy atom. The van der Waals surface area contributed by atoms with Gasteiger partial charge in [0.25, 0.3) is 11.8 Å². The van der Waals surface area contributed by atoms with Crippen LogP contribution >= 0.6 is 0 Å². The lowest BCUT2D eigenvalue weighted by atomic mass is 10.0. The van der Waals surface area contributed by atoms with Gasteiger partial charge in [0.2, 0.25) is 0 Å². The Labute approximate surface area is 169 Å². The molecule has 2 amide bonds. The van der Waals surface area contributed by atoms with Gasteiger partial charge in [-0.15, -0.1) is 0 Å². The standard InChI is InChI=1S/C20H19F5N2O3/c1-2-7-27(8-9-28)19(30)20(24,25)14-10-12(3-5-15(14)21)18(29)26-13-4-6-16(22)17(23)11-13/h3-6,10-11,28H,2,7-9H2,1H3,(H,26,29). The van der Waals surface area contributed by atoms with Crippen LogP contribution in [0.4, 0.5) is 27.6 Å². The molecule has 162 valence electrons. The van der Waals surface area contributed by atoms with Crippen molar-refractivity contribution in [2.45, 2.75) is 19.3 Å². The number of carbonyl (C=O) groups is 2. The maximum absolute atomic E-state index is 14.7. The Morgan fingerprint density at radius 2 is 1.67 bits per heavy atom. The molecule has 0 atom stereocenters. The van der Waals surface area contributed by atoms with Crippen molar-refractivity contribution < 1.29 is 36.6 Å². The number of aliphatic hydroxyl groups is 1. The summed E-state index contributed by atoms with van der Waals surface area (Å²) in [5.74, 6) is -10.8. The number of hydrogen-bond acceptors (Lipinski definition) is 3. The van der Waals surface area contributed by atoms with Crippen molar-refractivity contribution in [2.75, 3.05) is 25.0 Å². The molecule has 2 aromatic rings. The van der Waals surface area contributed by atoms with E-state index in [4.69, 9.17) is 5.11 Å². The number of anilines is 1. The number of hydrogen-bond donors (Lipinski definition) is 2. The molecule has 0 radical (unpaired) electrons. The zero-order valence-corrected chi connectivity index (χ0v) is 15.9. The van der Waals surface area contributed by atoms with E-state index < -0.39 is 52.9 Å². The van der Waals surface area contributed by atoms with Gasteiger partial charge >= 0.3 is 5.92 Å². The Hall–Kier alpha value is -3.01. The first-order valence-electron chi connectivity index (χ1n) is 8.96. The molecular formula is C20H19F5N2O3. The first kappa shape index (κ1) is 23.3. The van der Waals surface area contributed by atoms with Gasteiger partial charge in [0.05, 0.1) is 12.2 Å². The van der Waals surface area contributed by atoms with Gasteiger partial charge in [0, 0.05) is 30.4 Å². The number of halogens is 5. The van der Waals surface area contributed by atoms with E-state index in [1.165, 1.54) is 0 Å². The molecule has 0 bridgehead atoms. The van der Waals surface area contributed by atoms with E-state index in [0.29, 0.717) is 29.5 Å². The van der Waals surface area contributed by atoms with Crippen LogP contribution in [0.1, 0.15) is 29.3 Å². The van der Waals surface area contributed by atoms with Crippen molar-refractivity contribution in [2.24, 2.45) is 0 Å². The van der Waals surface area contributed by atoms with Gasteiger partial charge < -0.3 is 15.3 Å². The number of nitrogens with zero attached hydrogens (tertiary/aromatic N) is 1. The molecule has 2 N–H and O–H groups in total. The quantitative estimate of drug-likeness (QED) is 0.628. The molecule has 2 rings (SSSR count). The normalized spacial score (nSPS) is 11.3. The number of aliphatic hydroxyl groups excluding tert-OH is 1. The molecule has 0 spiro atoms. The van der Waals surface area contributed by atoms with Crippen molar-refractivity contribution in [3.63, 3.8) is 0 Å². The summed E-state index contributed by atoms with van der Waals surface area (Å²) in [5, 5.41) is 11.2. The smallest absolute Gasteiger partial charge is 0.352 e. The van der Waals surface area contributed by atoms with E-state index in [1.807, 2.05) is 0 Å². The molecule has 0 aliphatic carbocycles. The van der Waals surface area contributed by atoms with Crippen LogP contribution in [0.5, 0.6) is 0 Å². The van der Waals surface area contributed by atoms with E-state index in [2.05, 4.69) is 5.32 Å². The molecule has 2 aromatic carbocycles. The lowest BCUT2D eigenvalue weighted by Gasteiger charge is -2.26. The highest BCUT2D eigenvalue weighted by molar-refractivity contribution is 6.04. The molecule has 0 saturated heterocycles. The first-order valence-corrected chi connectivity index (χ1v) is 8.96. The maximum atomic E-state index is 14.7. The third-order valence-electron chi connectivity index (χ3n) is 4.16. The topological polar surface area (TPSA) is 69.6 Å². The molecule has 5 nitrogen and oxygen atoms in total. The average Bonchev–Trinajstić information content (AvgIpc) is 2.70. The lowest BCUT2D eigenvalue weighted by Crippen LogP contribution is -2.44. The third-order valence-corrected chi connectivity index (χ3v) is 4.16. The van der Waals surface area contributed by atoms with Gasteiger partial charge in [-0.1, -0.05) is 6.92 Å². The highest BCUT2D eigenvalue weighted by atomic mass is 19.3. The number of carbonyl (C=O) groups excluding carboxylic acids is 2. The Morgan fingerprint density at radius 1 is 1.00 bits per heavy atom. The minimum absolute atomic E-state index is 0.0765. The van der Waals surface area contributed by atoms with Crippen molar-refractivity contribution in [3.05, 3.63) is 65.0 Å². The predicted molar refractivity (Wildman–Crippen MR) is 98.6 cm³/mol. The highest BCUT2D eigenvalue weighted by Gasteiger charge is 2.46. The summed E-state index contributed by atoms with van der Waals surface area (Å²) >= 11 is 0. The van der Waals surface area contributed by atoms with Crippen LogP contribution in [0.25, 0.3) is 0 Å². The third kappa shape index (κ3) is 5.12. The predicted octanol–water partition coefficient (Wildman–Crippen LogP) is 3.68. The first-order chi connectivity index (χ1) is 14.1. The molecule has 0 aliphatic heterocycles. The van der Waals surface area contributed by atoms with Gasteiger partial charge in [-0.05, 0) is 36.8 Å². The molecule has 0 saturated carbocycles. The fourth-order valence-electron chi connectivity index (χ4n) is 2.70. The van der Waals surface area contributed by atoms with Crippen molar-refractivity contribution >= 4 is 17.5 Å². The second-order valence-corrected chi connectivity index (χ2v) is 6.37. The summed E-state index contributed by atoms with van der Waals surface area (Å²) in [4.78, 5) is 25.2. The van der Waals surface area contributed by atoms with E-state index in [9.17, 15) is 31.5 Å². The number of benzene rings is 2. The second kappa shape index (κ2) is 9.66. The van der Waals surface area contributed by atoms with Gasteiger partial charge in [-0.2, -0.15) is 8.78 Å². The van der Waals surface area contributed by atoms with Gasteiger partial charge in [-0.25, -0.2) is 13.2 Å². The van der Waals surface area contributed by atoms with Crippen molar-refractivity contribution in [1.82, 2.24) is 4.90 Å². The maximum Gasteiger partial charge on any atom is 0.352 e. The number of alkyl halides is 2. The summed E-state index contributed by atoms with van der Waals surface area (Å²) in [6.07, 6.45) is 0.334. The van der Waals surface area contributed by atoms with Crippen LogP contribution in [-0.2, 0) is 10.7 Å². The minimum atomic E-state index is -4.30. The van der Waals surface area contributed by atoms with Crippen LogP contribution in [0, 0.1) is 17.5 Å².